The summed E-state index contributed by atoms with van der Waals surface area (Å²) in [6.45, 7) is 5.38. The fourth-order valence-electron chi connectivity index (χ4n) is 1.12. The van der Waals surface area contributed by atoms with Crippen molar-refractivity contribution in [2.24, 2.45) is 0 Å². The van der Waals surface area contributed by atoms with Gasteiger partial charge in [0.15, 0.2) is 0 Å². The van der Waals surface area contributed by atoms with Gasteiger partial charge in [0.1, 0.15) is 5.82 Å². The number of carbonyl (C=O) groups is 1. The van der Waals surface area contributed by atoms with Crippen molar-refractivity contribution in [3.8, 4) is 0 Å². The third-order valence-electron chi connectivity index (χ3n) is 1.91. The molecule has 0 radical (unpaired) electrons. The molecule has 0 aliphatic carbocycles. The standard InChI is InChI=1S/C10H12N2O2/c1-3-8(4-10(13)14)9-5-11-7(2)12-6-9/h3,5-6,8H,1,4H2,2H3,(H,13,14). The molecule has 0 fully saturated rings. The molecule has 0 amide bonds. The predicted molar refractivity (Wildman–Crippen MR) is 52.0 cm³/mol. The lowest BCUT2D eigenvalue weighted by Gasteiger charge is -2.08. The average Bonchev–Trinajstić information content (AvgIpc) is 2.15. The van der Waals surface area contributed by atoms with Gasteiger partial charge in [-0.3, -0.25) is 4.79 Å². The molecule has 1 heterocycles. The smallest absolute Gasteiger partial charge is 0.304 e. The largest absolute Gasteiger partial charge is 0.481 e. The molecular weight excluding hydrogens is 180 g/mol. The Balaban J connectivity index is 2.84. The van der Waals surface area contributed by atoms with Gasteiger partial charge in [-0.15, -0.1) is 6.58 Å². The summed E-state index contributed by atoms with van der Waals surface area (Å²) in [6.07, 6.45) is 4.90. The topological polar surface area (TPSA) is 63.1 Å². The van der Waals surface area contributed by atoms with Crippen molar-refractivity contribution in [2.75, 3.05) is 0 Å². The summed E-state index contributed by atoms with van der Waals surface area (Å²) >= 11 is 0. The summed E-state index contributed by atoms with van der Waals surface area (Å²) in [7, 11) is 0. The van der Waals surface area contributed by atoms with Crippen LogP contribution in [-0.2, 0) is 4.79 Å². The Bertz CT molecular complexity index is 332. The van der Waals surface area contributed by atoms with Gasteiger partial charge in [-0.1, -0.05) is 6.08 Å². The molecule has 1 aromatic heterocycles. The lowest BCUT2D eigenvalue weighted by atomic mass is 9.99. The number of hydrogen-bond donors (Lipinski definition) is 1. The molecule has 1 unspecified atom stereocenters. The molecule has 1 aromatic rings. The number of aliphatic carboxylic acids is 1. The Morgan fingerprint density at radius 1 is 1.64 bits per heavy atom. The van der Waals surface area contributed by atoms with Gasteiger partial charge in [0, 0.05) is 18.3 Å². The maximum absolute atomic E-state index is 10.5. The number of aryl methyl sites for hydroxylation is 1. The molecule has 0 bridgehead atoms. The number of carboxylic acids is 1. The van der Waals surface area contributed by atoms with Crippen molar-refractivity contribution in [1.82, 2.24) is 9.97 Å². The molecule has 1 atom stereocenters. The lowest BCUT2D eigenvalue weighted by molar-refractivity contribution is -0.137. The summed E-state index contributed by atoms with van der Waals surface area (Å²) in [5.74, 6) is -0.393. The maximum atomic E-state index is 10.5. The minimum absolute atomic E-state index is 0.0237. The highest BCUT2D eigenvalue weighted by Crippen LogP contribution is 2.18. The van der Waals surface area contributed by atoms with Gasteiger partial charge in [0.2, 0.25) is 0 Å². The highest BCUT2D eigenvalue weighted by molar-refractivity contribution is 5.68. The summed E-state index contributed by atoms with van der Waals surface area (Å²) in [4.78, 5) is 18.5. The van der Waals surface area contributed by atoms with Crippen LogP contribution in [0.5, 0.6) is 0 Å². The first-order valence-corrected chi connectivity index (χ1v) is 4.26. The molecule has 0 aliphatic rings. The van der Waals surface area contributed by atoms with Crippen molar-refractivity contribution in [1.29, 1.82) is 0 Å². The van der Waals surface area contributed by atoms with Crippen molar-refractivity contribution in [2.45, 2.75) is 19.3 Å². The minimum Gasteiger partial charge on any atom is -0.481 e. The van der Waals surface area contributed by atoms with Crippen LogP contribution < -0.4 is 0 Å². The second-order valence-electron chi connectivity index (χ2n) is 3.00. The Hall–Kier alpha value is -1.71. The van der Waals surface area contributed by atoms with Gasteiger partial charge in [0.25, 0.3) is 0 Å². The van der Waals surface area contributed by atoms with Crippen LogP contribution in [0, 0.1) is 6.92 Å². The number of carboxylic acid groups (broad SMARTS) is 1. The van der Waals surface area contributed by atoms with Crippen LogP contribution in [0.2, 0.25) is 0 Å². The second-order valence-corrected chi connectivity index (χ2v) is 3.00. The van der Waals surface area contributed by atoms with E-state index in [0.29, 0.717) is 5.82 Å². The number of rotatable bonds is 4. The third kappa shape index (κ3) is 2.65. The molecule has 4 heteroatoms. The zero-order valence-electron chi connectivity index (χ0n) is 7.97. The molecule has 0 spiro atoms. The first-order valence-electron chi connectivity index (χ1n) is 4.26. The molecule has 74 valence electrons. The van der Waals surface area contributed by atoms with Crippen LogP contribution in [-0.4, -0.2) is 21.0 Å². The van der Waals surface area contributed by atoms with Crippen LogP contribution in [0.15, 0.2) is 25.0 Å². The Morgan fingerprint density at radius 2 is 2.21 bits per heavy atom. The second kappa shape index (κ2) is 4.50. The number of aromatic nitrogens is 2. The number of nitrogens with zero attached hydrogens (tertiary/aromatic N) is 2. The summed E-state index contributed by atoms with van der Waals surface area (Å²) in [5, 5.41) is 8.64. The molecule has 14 heavy (non-hydrogen) atoms. The van der Waals surface area contributed by atoms with Gasteiger partial charge in [-0.25, -0.2) is 9.97 Å². The van der Waals surface area contributed by atoms with Crippen molar-refractivity contribution < 1.29 is 9.90 Å². The zero-order valence-corrected chi connectivity index (χ0v) is 7.97. The van der Waals surface area contributed by atoms with Crippen molar-refractivity contribution in [3.63, 3.8) is 0 Å². The summed E-state index contributed by atoms with van der Waals surface area (Å²) in [5.41, 5.74) is 0.785. The van der Waals surface area contributed by atoms with E-state index in [0.717, 1.165) is 5.56 Å². The van der Waals surface area contributed by atoms with E-state index in [9.17, 15) is 4.79 Å². The molecule has 0 aliphatic heterocycles. The Morgan fingerprint density at radius 3 is 2.64 bits per heavy atom. The molecular formula is C10H12N2O2. The van der Waals surface area contributed by atoms with Crippen LogP contribution in [0.3, 0.4) is 0 Å². The van der Waals surface area contributed by atoms with Crippen LogP contribution in [0.4, 0.5) is 0 Å². The van der Waals surface area contributed by atoms with Gasteiger partial charge >= 0.3 is 5.97 Å². The van der Waals surface area contributed by atoms with Crippen LogP contribution >= 0.6 is 0 Å². The summed E-state index contributed by atoms with van der Waals surface area (Å²) in [6, 6.07) is 0. The molecule has 1 rings (SSSR count). The van der Waals surface area contributed by atoms with Crippen LogP contribution in [0.1, 0.15) is 23.7 Å². The van der Waals surface area contributed by atoms with E-state index in [1.807, 2.05) is 0 Å². The molecule has 1 N–H and O–H groups in total. The van der Waals surface area contributed by atoms with Crippen molar-refractivity contribution in [3.05, 3.63) is 36.4 Å². The van der Waals surface area contributed by atoms with Gasteiger partial charge in [0.05, 0.1) is 6.42 Å². The maximum Gasteiger partial charge on any atom is 0.304 e. The number of allylic oxidation sites excluding steroid dienone is 1. The first-order chi connectivity index (χ1) is 6.63. The fourth-order valence-corrected chi connectivity index (χ4v) is 1.12. The quantitative estimate of drug-likeness (QED) is 0.735. The lowest BCUT2D eigenvalue weighted by Crippen LogP contribution is -2.05. The monoisotopic (exact) mass is 192 g/mol. The first kappa shape index (κ1) is 10.4. The van der Waals surface area contributed by atoms with E-state index in [-0.39, 0.29) is 12.3 Å². The summed E-state index contributed by atoms with van der Waals surface area (Å²) < 4.78 is 0. The average molecular weight is 192 g/mol. The SMILES string of the molecule is C=CC(CC(=O)O)c1cnc(C)nc1. The van der Waals surface area contributed by atoms with E-state index in [4.69, 9.17) is 5.11 Å². The highest BCUT2D eigenvalue weighted by atomic mass is 16.4. The van der Waals surface area contributed by atoms with E-state index in [1.165, 1.54) is 0 Å². The van der Waals surface area contributed by atoms with E-state index in [1.54, 1.807) is 25.4 Å². The van der Waals surface area contributed by atoms with E-state index in [2.05, 4.69) is 16.5 Å². The normalized spacial score (nSPS) is 12.1. The third-order valence-corrected chi connectivity index (χ3v) is 1.91. The van der Waals surface area contributed by atoms with E-state index < -0.39 is 5.97 Å². The fraction of sp³-hybridized carbons (Fsp3) is 0.300. The number of hydrogen-bond acceptors (Lipinski definition) is 3. The predicted octanol–water partition coefficient (Wildman–Crippen LogP) is 1.53. The molecule has 0 saturated heterocycles. The van der Waals surface area contributed by atoms with Crippen molar-refractivity contribution >= 4 is 5.97 Å². The Kier molecular flexibility index (Phi) is 3.34. The van der Waals surface area contributed by atoms with Gasteiger partial charge in [-0.2, -0.15) is 0 Å². The van der Waals surface area contributed by atoms with Crippen LogP contribution in [0.25, 0.3) is 0 Å². The zero-order chi connectivity index (χ0) is 10.6. The van der Waals surface area contributed by atoms with Gasteiger partial charge < -0.3 is 5.11 Å². The molecule has 4 nitrogen and oxygen atoms in total. The van der Waals surface area contributed by atoms with E-state index >= 15 is 0 Å². The highest BCUT2D eigenvalue weighted by Gasteiger charge is 2.12. The molecule has 0 aromatic carbocycles. The minimum atomic E-state index is -0.851. The Labute approximate surface area is 82.3 Å². The van der Waals surface area contributed by atoms with Gasteiger partial charge in [-0.05, 0) is 12.5 Å². The molecule has 0 saturated carbocycles.